The molecule has 0 saturated heterocycles. The number of rotatable bonds is 3. The Bertz CT molecular complexity index is 480. The summed E-state index contributed by atoms with van der Waals surface area (Å²) in [6, 6.07) is 3.88. The van der Waals surface area contributed by atoms with Gasteiger partial charge in [-0.1, -0.05) is 6.07 Å². The van der Waals surface area contributed by atoms with Crippen LogP contribution in [0, 0.1) is 13.8 Å². The molecule has 0 radical (unpaired) electrons. The largest absolute Gasteiger partial charge is 0.486 e. The van der Waals surface area contributed by atoms with Gasteiger partial charge in [0.05, 0.1) is 0 Å². The number of anilines is 1. The average Bonchev–Trinajstić information content (AvgIpc) is 2.77. The molecule has 4 heteroatoms. The lowest BCUT2D eigenvalue weighted by molar-refractivity contribution is 0.301. The van der Waals surface area contributed by atoms with Crippen LogP contribution in [0.15, 0.2) is 23.7 Å². The summed E-state index contributed by atoms with van der Waals surface area (Å²) in [5, 5.41) is 2.92. The molecule has 84 valence electrons. The Morgan fingerprint density at radius 3 is 2.88 bits per heavy atom. The van der Waals surface area contributed by atoms with Gasteiger partial charge in [-0.2, -0.15) is 0 Å². The molecule has 16 heavy (non-hydrogen) atoms. The molecule has 0 amide bonds. The molecule has 2 rings (SSSR count). The third-order valence-corrected chi connectivity index (χ3v) is 3.22. The van der Waals surface area contributed by atoms with Gasteiger partial charge in [0.15, 0.2) is 0 Å². The Hall–Kier alpha value is -1.55. The van der Waals surface area contributed by atoms with E-state index >= 15 is 0 Å². The summed E-state index contributed by atoms with van der Waals surface area (Å²) in [6.45, 7) is 4.49. The Kier molecular flexibility index (Phi) is 3.10. The van der Waals surface area contributed by atoms with Crippen molar-refractivity contribution in [2.45, 2.75) is 20.5 Å². The van der Waals surface area contributed by atoms with Crippen molar-refractivity contribution in [3.63, 3.8) is 0 Å². The highest BCUT2D eigenvalue weighted by Gasteiger charge is 2.07. The van der Waals surface area contributed by atoms with Crippen molar-refractivity contribution in [2.75, 3.05) is 5.73 Å². The number of hydrogen-bond acceptors (Lipinski definition) is 4. The molecule has 0 aliphatic heterocycles. The number of hydrogen-bond donors (Lipinski definition) is 1. The highest BCUT2D eigenvalue weighted by atomic mass is 32.1. The van der Waals surface area contributed by atoms with Gasteiger partial charge in [0, 0.05) is 22.8 Å². The van der Waals surface area contributed by atoms with Crippen LogP contribution < -0.4 is 10.5 Å². The van der Waals surface area contributed by atoms with Crippen LogP contribution in [-0.4, -0.2) is 4.98 Å². The number of ether oxygens (including phenoxy) is 1. The Labute approximate surface area is 98.9 Å². The molecule has 1 aromatic carbocycles. The molecule has 0 spiro atoms. The molecule has 1 heterocycles. The van der Waals surface area contributed by atoms with Crippen LogP contribution in [0.2, 0.25) is 0 Å². The molecular formula is C12H14N2OS. The van der Waals surface area contributed by atoms with Gasteiger partial charge >= 0.3 is 0 Å². The van der Waals surface area contributed by atoms with Gasteiger partial charge in [0.1, 0.15) is 17.4 Å². The maximum absolute atomic E-state index is 5.85. The second-order valence-electron chi connectivity index (χ2n) is 3.64. The molecule has 1 aromatic heterocycles. The zero-order chi connectivity index (χ0) is 11.5. The van der Waals surface area contributed by atoms with Crippen LogP contribution in [-0.2, 0) is 6.61 Å². The normalized spacial score (nSPS) is 10.4. The Balaban J connectivity index is 2.18. The van der Waals surface area contributed by atoms with E-state index in [2.05, 4.69) is 4.98 Å². The summed E-state index contributed by atoms with van der Waals surface area (Å²) >= 11 is 1.59. The zero-order valence-corrected chi connectivity index (χ0v) is 10.2. The lowest BCUT2D eigenvalue weighted by Crippen LogP contribution is -2.00. The van der Waals surface area contributed by atoms with Gasteiger partial charge < -0.3 is 10.5 Å². The number of thiazole rings is 1. The van der Waals surface area contributed by atoms with Crippen LogP contribution in [0.1, 0.15) is 16.1 Å². The third-order valence-electron chi connectivity index (χ3n) is 2.47. The van der Waals surface area contributed by atoms with Gasteiger partial charge in [0.25, 0.3) is 0 Å². The average molecular weight is 234 g/mol. The SMILES string of the molecule is Cc1ccc(N)c(C)c1OCc1nccs1. The van der Waals surface area contributed by atoms with Crippen molar-refractivity contribution in [1.82, 2.24) is 4.98 Å². The molecule has 0 atom stereocenters. The van der Waals surface area contributed by atoms with Crippen molar-refractivity contribution in [2.24, 2.45) is 0 Å². The van der Waals surface area contributed by atoms with Gasteiger partial charge in [-0.05, 0) is 25.5 Å². The third kappa shape index (κ3) is 2.17. The number of nitrogens with zero attached hydrogens (tertiary/aromatic N) is 1. The van der Waals surface area contributed by atoms with Crippen molar-refractivity contribution >= 4 is 17.0 Å². The minimum atomic E-state index is 0.503. The van der Waals surface area contributed by atoms with E-state index in [-0.39, 0.29) is 0 Å². The second kappa shape index (κ2) is 4.53. The van der Waals surface area contributed by atoms with Gasteiger partial charge in [0.2, 0.25) is 0 Å². The van der Waals surface area contributed by atoms with E-state index in [9.17, 15) is 0 Å². The van der Waals surface area contributed by atoms with Crippen LogP contribution >= 0.6 is 11.3 Å². The number of aromatic nitrogens is 1. The molecule has 0 unspecified atom stereocenters. The van der Waals surface area contributed by atoms with E-state index in [4.69, 9.17) is 10.5 Å². The van der Waals surface area contributed by atoms with E-state index in [1.54, 1.807) is 17.5 Å². The van der Waals surface area contributed by atoms with Crippen LogP contribution in [0.25, 0.3) is 0 Å². The van der Waals surface area contributed by atoms with Crippen molar-refractivity contribution in [1.29, 1.82) is 0 Å². The predicted molar refractivity (Wildman–Crippen MR) is 66.8 cm³/mol. The molecule has 0 fully saturated rings. The maximum atomic E-state index is 5.85. The minimum absolute atomic E-state index is 0.503. The summed E-state index contributed by atoms with van der Waals surface area (Å²) in [5.74, 6) is 0.871. The number of nitrogens with two attached hydrogens (primary N) is 1. The first-order valence-electron chi connectivity index (χ1n) is 5.05. The molecule has 0 saturated carbocycles. The van der Waals surface area contributed by atoms with Gasteiger partial charge in [-0.15, -0.1) is 11.3 Å². The fraction of sp³-hybridized carbons (Fsp3) is 0.250. The Morgan fingerprint density at radius 2 is 2.19 bits per heavy atom. The molecule has 0 aliphatic rings. The maximum Gasteiger partial charge on any atom is 0.140 e. The molecule has 0 bridgehead atoms. The first-order valence-corrected chi connectivity index (χ1v) is 5.93. The van der Waals surface area contributed by atoms with Crippen LogP contribution in [0.4, 0.5) is 5.69 Å². The Morgan fingerprint density at radius 1 is 1.38 bits per heavy atom. The topological polar surface area (TPSA) is 48.1 Å². The summed E-state index contributed by atoms with van der Waals surface area (Å²) in [6.07, 6.45) is 1.78. The van der Waals surface area contributed by atoms with E-state index in [0.29, 0.717) is 6.61 Å². The summed E-state index contributed by atoms with van der Waals surface area (Å²) < 4.78 is 5.76. The van der Waals surface area contributed by atoms with E-state index in [1.807, 2.05) is 31.4 Å². The van der Waals surface area contributed by atoms with E-state index in [0.717, 1.165) is 27.6 Å². The highest BCUT2D eigenvalue weighted by molar-refractivity contribution is 7.09. The molecule has 2 aromatic rings. The second-order valence-corrected chi connectivity index (χ2v) is 4.62. The smallest absolute Gasteiger partial charge is 0.140 e. The number of benzene rings is 1. The fourth-order valence-corrected chi connectivity index (χ4v) is 2.05. The fourth-order valence-electron chi connectivity index (χ4n) is 1.52. The molecular weight excluding hydrogens is 220 g/mol. The van der Waals surface area contributed by atoms with Crippen LogP contribution in [0.5, 0.6) is 5.75 Å². The van der Waals surface area contributed by atoms with E-state index in [1.165, 1.54) is 0 Å². The van der Waals surface area contributed by atoms with Crippen LogP contribution in [0.3, 0.4) is 0 Å². The number of aryl methyl sites for hydroxylation is 1. The molecule has 2 N–H and O–H groups in total. The zero-order valence-electron chi connectivity index (χ0n) is 9.36. The van der Waals surface area contributed by atoms with Crippen molar-refractivity contribution in [3.05, 3.63) is 39.8 Å². The first-order chi connectivity index (χ1) is 7.68. The standard InChI is InChI=1S/C12H14N2OS/c1-8-3-4-10(13)9(2)12(8)15-7-11-14-5-6-16-11/h3-6H,7,13H2,1-2H3. The summed E-state index contributed by atoms with van der Waals surface area (Å²) in [4.78, 5) is 4.18. The van der Waals surface area contributed by atoms with E-state index < -0.39 is 0 Å². The predicted octanol–water partition coefficient (Wildman–Crippen LogP) is 2.92. The highest BCUT2D eigenvalue weighted by Crippen LogP contribution is 2.28. The molecule has 3 nitrogen and oxygen atoms in total. The first kappa shape index (κ1) is 11.0. The monoisotopic (exact) mass is 234 g/mol. The van der Waals surface area contributed by atoms with Gasteiger partial charge in [-0.25, -0.2) is 4.98 Å². The lowest BCUT2D eigenvalue weighted by atomic mass is 10.1. The lowest BCUT2D eigenvalue weighted by Gasteiger charge is -2.12. The number of nitrogen functional groups attached to an aromatic ring is 1. The summed E-state index contributed by atoms with van der Waals surface area (Å²) in [5.41, 5.74) is 8.71. The van der Waals surface area contributed by atoms with Gasteiger partial charge in [-0.3, -0.25) is 0 Å². The quantitative estimate of drug-likeness (QED) is 0.831. The van der Waals surface area contributed by atoms with Crippen molar-refractivity contribution < 1.29 is 4.74 Å². The summed E-state index contributed by atoms with van der Waals surface area (Å²) in [7, 11) is 0. The minimum Gasteiger partial charge on any atom is -0.486 e. The van der Waals surface area contributed by atoms with Crippen molar-refractivity contribution in [3.8, 4) is 5.75 Å². The molecule has 0 aliphatic carbocycles.